The number of para-hydroxylation sites is 1. The molecule has 0 amide bonds. The summed E-state index contributed by atoms with van der Waals surface area (Å²) in [5.41, 5.74) is 1.77. The van der Waals surface area contributed by atoms with Gasteiger partial charge in [0, 0.05) is 12.6 Å². The van der Waals surface area contributed by atoms with Crippen molar-refractivity contribution in [1.29, 1.82) is 0 Å². The molecule has 1 aromatic heterocycles. The molecule has 2 aromatic rings. The first-order valence-corrected chi connectivity index (χ1v) is 5.49. The van der Waals surface area contributed by atoms with Gasteiger partial charge < -0.3 is 5.11 Å². The Balaban J connectivity index is 2.14. The summed E-state index contributed by atoms with van der Waals surface area (Å²) in [4.78, 5) is 10.7. The molecular formula is C13H14N2O2. The zero-order valence-corrected chi connectivity index (χ0v) is 9.58. The molecule has 1 atom stereocenters. The zero-order valence-electron chi connectivity index (χ0n) is 9.58. The molecule has 4 nitrogen and oxygen atoms in total. The molecule has 17 heavy (non-hydrogen) atoms. The molecule has 0 spiro atoms. The van der Waals surface area contributed by atoms with E-state index in [-0.39, 0.29) is 0 Å². The van der Waals surface area contributed by atoms with Gasteiger partial charge in [-0.05, 0) is 18.2 Å². The number of hydrogen-bond acceptors (Lipinski definition) is 2. The maximum absolute atomic E-state index is 10.7. The lowest BCUT2D eigenvalue weighted by molar-refractivity contribution is -0.141. The molecule has 0 bridgehead atoms. The van der Waals surface area contributed by atoms with E-state index in [9.17, 15) is 4.79 Å². The second-order valence-electron chi connectivity index (χ2n) is 4.03. The molecule has 1 aromatic carbocycles. The summed E-state index contributed by atoms with van der Waals surface area (Å²) < 4.78 is 1.75. The molecule has 4 heteroatoms. The highest BCUT2D eigenvalue weighted by Crippen LogP contribution is 2.10. The summed E-state index contributed by atoms with van der Waals surface area (Å²) in [5.74, 6) is -1.20. The van der Waals surface area contributed by atoms with Crippen LogP contribution in [0.5, 0.6) is 0 Å². The van der Waals surface area contributed by atoms with Crippen molar-refractivity contribution in [2.45, 2.75) is 13.3 Å². The summed E-state index contributed by atoms with van der Waals surface area (Å²) in [7, 11) is 0. The summed E-state index contributed by atoms with van der Waals surface area (Å²) in [6, 6.07) is 11.6. The normalized spacial score (nSPS) is 12.3. The van der Waals surface area contributed by atoms with Crippen molar-refractivity contribution in [2.75, 3.05) is 0 Å². The third-order valence-corrected chi connectivity index (χ3v) is 2.60. The molecule has 0 fully saturated rings. The van der Waals surface area contributed by atoms with Crippen LogP contribution in [0.2, 0.25) is 0 Å². The van der Waals surface area contributed by atoms with Gasteiger partial charge in [-0.3, -0.25) is 4.79 Å². The Morgan fingerprint density at radius 1 is 1.35 bits per heavy atom. The second-order valence-corrected chi connectivity index (χ2v) is 4.03. The maximum Gasteiger partial charge on any atom is 0.306 e. The van der Waals surface area contributed by atoms with Gasteiger partial charge in [-0.1, -0.05) is 25.1 Å². The summed E-state index contributed by atoms with van der Waals surface area (Å²) in [5, 5.41) is 13.2. The molecule has 0 aliphatic carbocycles. The van der Waals surface area contributed by atoms with Crippen molar-refractivity contribution in [3.63, 3.8) is 0 Å². The number of carboxylic acid groups (broad SMARTS) is 1. The van der Waals surface area contributed by atoms with Crippen LogP contribution < -0.4 is 0 Å². The summed E-state index contributed by atoms with van der Waals surface area (Å²) >= 11 is 0. The molecule has 88 valence electrons. The van der Waals surface area contributed by atoms with Gasteiger partial charge in [-0.2, -0.15) is 5.10 Å². The van der Waals surface area contributed by atoms with E-state index in [0.717, 1.165) is 11.4 Å². The Hall–Kier alpha value is -2.10. The van der Waals surface area contributed by atoms with Crippen molar-refractivity contribution >= 4 is 5.97 Å². The van der Waals surface area contributed by atoms with Crippen LogP contribution in [-0.4, -0.2) is 20.9 Å². The third-order valence-electron chi connectivity index (χ3n) is 2.60. The minimum atomic E-state index is -0.792. The lowest BCUT2D eigenvalue weighted by atomic mass is 10.1. The van der Waals surface area contributed by atoms with Crippen LogP contribution in [0.4, 0.5) is 0 Å². The first-order valence-electron chi connectivity index (χ1n) is 5.49. The van der Waals surface area contributed by atoms with E-state index in [4.69, 9.17) is 5.11 Å². The predicted molar refractivity (Wildman–Crippen MR) is 64.1 cm³/mol. The van der Waals surface area contributed by atoms with Crippen LogP contribution >= 0.6 is 0 Å². The number of carbonyl (C=O) groups is 1. The van der Waals surface area contributed by atoms with Crippen molar-refractivity contribution in [3.05, 3.63) is 48.3 Å². The molecule has 0 aliphatic heterocycles. The van der Waals surface area contributed by atoms with Gasteiger partial charge in [0.1, 0.15) is 0 Å². The van der Waals surface area contributed by atoms with Gasteiger partial charge in [-0.25, -0.2) is 4.68 Å². The SMILES string of the molecule is CC(Cc1ccn(-c2ccccc2)n1)C(=O)O. The van der Waals surface area contributed by atoms with Gasteiger partial charge in [0.2, 0.25) is 0 Å². The van der Waals surface area contributed by atoms with E-state index in [2.05, 4.69) is 5.10 Å². The quantitative estimate of drug-likeness (QED) is 0.875. The molecule has 1 unspecified atom stereocenters. The lowest BCUT2D eigenvalue weighted by Crippen LogP contribution is -2.12. The number of aliphatic carboxylic acids is 1. The Labute approximate surface area is 99.5 Å². The van der Waals surface area contributed by atoms with Crippen molar-refractivity contribution < 1.29 is 9.90 Å². The average Bonchev–Trinajstić information content (AvgIpc) is 2.78. The Kier molecular flexibility index (Phi) is 3.23. The van der Waals surface area contributed by atoms with Crippen LogP contribution in [0.15, 0.2) is 42.6 Å². The average molecular weight is 230 g/mol. The fraction of sp³-hybridized carbons (Fsp3) is 0.231. The van der Waals surface area contributed by atoms with E-state index >= 15 is 0 Å². The Morgan fingerprint density at radius 3 is 2.71 bits per heavy atom. The van der Waals surface area contributed by atoms with Crippen LogP contribution in [-0.2, 0) is 11.2 Å². The molecule has 1 N–H and O–H groups in total. The largest absolute Gasteiger partial charge is 0.481 e. The standard InChI is InChI=1S/C13H14N2O2/c1-10(13(16)17)9-11-7-8-15(14-11)12-5-3-2-4-6-12/h2-8,10H,9H2,1H3,(H,16,17). The number of hydrogen-bond donors (Lipinski definition) is 1. The van der Waals surface area contributed by atoms with Crippen LogP contribution in [0.1, 0.15) is 12.6 Å². The van der Waals surface area contributed by atoms with E-state index in [1.54, 1.807) is 11.6 Å². The number of benzene rings is 1. The number of carboxylic acids is 1. The highest BCUT2D eigenvalue weighted by Gasteiger charge is 2.13. The monoisotopic (exact) mass is 230 g/mol. The number of nitrogens with zero attached hydrogens (tertiary/aromatic N) is 2. The van der Waals surface area contributed by atoms with Gasteiger partial charge in [0.05, 0.1) is 17.3 Å². The molecule has 1 heterocycles. The van der Waals surface area contributed by atoms with Gasteiger partial charge in [0.15, 0.2) is 0 Å². The molecular weight excluding hydrogens is 216 g/mol. The molecule has 0 saturated heterocycles. The van der Waals surface area contributed by atoms with E-state index in [1.165, 1.54) is 0 Å². The fourth-order valence-corrected chi connectivity index (χ4v) is 1.60. The molecule has 0 radical (unpaired) electrons. The molecule has 2 rings (SSSR count). The van der Waals surface area contributed by atoms with Crippen LogP contribution in [0.25, 0.3) is 5.69 Å². The Bertz CT molecular complexity index is 505. The molecule has 0 aliphatic rings. The van der Waals surface area contributed by atoms with E-state index in [1.807, 2.05) is 42.6 Å². The van der Waals surface area contributed by atoms with E-state index in [0.29, 0.717) is 6.42 Å². The maximum atomic E-state index is 10.7. The summed E-state index contributed by atoms with van der Waals surface area (Å²) in [6.07, 6.45) is 2.30. The van der Waals surface area contributed by atoms with Crippen LogP contribution in [0.3, 0.4) is 0 Å². The van der Waals surface area contributed by atoms with Crippen molar-refractivity contribution in [2.24, 2.45) is 5.92 Å². The van der Waals surface area contributed by atoms with Crippen molar-refractivity contribution in [3.8, 4) is 5.69 Å². The zero-order chi connectivity index (χ0) is 12.3. The van der Waals surface area contributed by atoms with Gasteiger partial charge >= 0.3 is 5.97 Å². The van der Waals surface area contributed by atoms with Gasteiger partial charge in [-0.15, -0.1) is 0 Å². The highest BCUT2D eigenvalue weighted by molar-refractivity contribution is 5.69. The molecule has 0 saturated carbocycles. The number of aromatic nitrogens is 2. The second kappa shape index (κ2) is 4.82. The fourth-order valence-electron chi connectivity index (χ4n) is 1.60. The van der Waals surface area contributed by atoms with Crippen LogP contribution in [0, 0.1) is 5.92 Å². The lowest BCUT2D eigenvalue weighted by Gasteiger charge is -2.03. The van der Waals surface area contributed by atoms with Gasteiger partial charge in [0.25, 0.3) is 0 Å². The number of rotatable bonds is 4. The first-order chi connectivity index (χ1) is 8.16. The Morgan fingerprint density at radius 2 is 2.06 bits per heavy atom. The van der Waals surface area contributed by atoms with E-state index < -0.39 is 11.9 Å². The first kappa shape index (κ1) is 11.4. The predicted octanol–water partition coefficient (Wildman–Crippen LogP) is 2.14. The summed E-state index contributed by atoms with van der Waals surface area (Å²) in [6.45, 7) is 1.68. The smallest absolute Gasteiger partial charge is 0.306 e. The minimum absolute atomic E-state index is 0.408. The topological polar surface area (TPSA) is 55.1 Å². The minimum Gasteiger partial charge on any atom is -0.481 e. The van der Waals surface area contributed by atoms with Crippen molar-refractivity contribution in [1.82, 2.24) is 9.78 Å². The third kappa shape index (κ3) is 2.72. The highest BCUT2D eigenvalue weighted by atomic mass is 16.4.